The largest absolute Gasteiger partial charge is 0.426 e. The zero-order valence-electron chi connectivity index (χ0n) is 16.7. The van der Waals surface area contributed by atoms with Gasteiger partial charge in [-0.05, 0) is 25.7 Å². The number of rotatable bonds is 5. The van der Waals surface area contributed by atoms with Crippen LogP contribution in [0.1, 0.15) is 41.5 Å². The van der Waals surface area contributed by atoms with Crippen LogP contribution < -0.4 is 0 Å². The smallest absolute Gasteiger partial charge is 0.312 e. The normalized spacial score (nSPS) is 48.4. The highest BCUT2D eigenvalue weighted by molar-refractivity contribution is 7.60. The Bertz CT molecular complexity index is 426. The third-order valence-electron chi connectivity index (χ3n) is 6.30. The maximum Gasteiger partial charge on any atom is 0.312 e. The van der Waals surface area contributed by atoms with Crippen LogP contribution in [0.3, 0.4) is 0 Å². The molecule has 146 valence electrons. The molecule has 0 spiro atoms. The molecule has 25 heavy (non-hydrogen) atoms. The van der Waals surface area contributed by atoms with E-state index in [1.165, 1.54) is 0 Å². The van der Waals surface area contributed by atoms with Crippen molar-refractivity contribution in [2.75, 3.05) is 6.61 Å². The molecule has 0 aromatic rings. The first-order valence-corrected chi connectivity index (χ1v) is 10.3. The van der Waals surface area contributed by atoms with Gasteiger partial charge in [-0.25, -0.2) is 0 Å². The lowest BCUT2D eigenvalue weighted by Crippen LogP contribution is -2.58. The van der Waals surface area contributed by atoms with E-state index in [9.17, 15) is 5.11 Å². The second kappa shape index (κ2) is 8.99. The van der Waals surface area contributed by atoms with E-state index in [2.05, 4.69) is 43.7 Å². The molecule has 2 fully saturated rings. The topological polar surface area (TPSA) is 57.2 Å². The van der Waals surface area contributed by atoms with E-state index in [0.717, 1.165) is 0 Å². The summed E-state index contributed by atoms with van der Waals surface area (Å²) in [7, 11) is 2.67. The molecule has 2 aliphatic heterocycles. The minimum atomic E-state index is -0.263. The Labute approximate surface area is 155 Å². The summed E-state index contributed by atoms with van der Waals surface area (Å²) in [5.74, 6) is 1.38. The van der Waals surface area contributed by atoms with Crippen LogP contribution in [0.15, 0.2) is 0 Å². The minimum Gasteiger partial charge on any atom is -0.426 e. The molecule has 0 bridgehead atoms. The Morgan fingerprint density at radius 3 is 2.08 bits per heavy atom. The second-order valence-electron chi connectivity index (χ2n) is 8.11. The number of hydrogen-bond donors (Lipinski definition) is 1. The van der Waals surface area contributed by atoms with Crippen LogP contribution in [0.25, 0.3) is 0 Å². The molecule has 0 saturated carbocycles. The fraction of sp³-hybridized carbons (Fsp3) is 1.00. The summed E-state index contributed by atoms with van der Waals surface area (Å²) < 4.78 is 24.8. The summed E-state index contributed by atoms with van der Waals surface area (Å²) in [5, 5.41) is 9.63. The third kappa shape index (κ3) is 4.77. The first-order chi connectivity index (χ1) is 11.7. The van der Waals surface area contributed by atoms with E-state index in [1.807, 2.05) is 13.7 Å². The van der Waals surface area contributed by atoms with Gasteiger partial charge in [0.1, 0.15) is 6.10 Å². The van der Waals surface area contributed by atoms with Gasteiger partial charge >= 0.3 is 6.64 Å². The van der Waals surface area contributed by atoms with E-state index in [4.69, 9.17) is 18.9 Å². The molecule has 0 aromatic heterocycles. The van der Waals surface area contributed by atoms with Crippen LogP contribution in [0, 0.1) is 23.7 Å². The van der Waals surface area contributed by atoms with Crippen LogP contribution in [0.4, 0.5) is 0 Å². The molecular weight excluding hydrogens is 338 g/mol. The lowest BCUT2D eigenvalue weighted by atomic mass is 9.79. The van der Waals surface area contributed by atoms with E-state index in [0.29, 0.717) is 17.8 Å². The van der Waals surface area contributed by atoms with Gasteiger partial charge < -0.3 is 24.0 Å². The summed E-state index contributed by atoms with van der Waals surface area (Å²) >= 11 is 0. The van der Waals surface area contributed by atoms with Crippen molar-refractivity contribution in [3.05, 3.63) is 0 Å². The van der Waals surface area contributed by atoms with Gasteiger partial charge in [0, 0.05) is 11.8 Å². The van der Waals surface area contributed by atoms with Crippen molar-refractivity contribution >= 4 is 15.8 Å². The fourth-order valence-corrected chi connectivity index (χ4v) is 4.21. The number of aliphatic hydroxyl groups is 1. The Morgan fingerprint density at radius 1 is 0.880 bits per heavy atom. The maximum absolute atomic E-state index is 9.63. The molecule has 2 heterocycles. The Kier molecular flexibility index (Phi) is 7.76. The highest BCUT2D eigenvalue weighted by atomic mass is 31.0. The van der Waals surface area contributed by atoms with Crippen LogP contribution in [0.5, 0.6) is 0 Å². The van der Waals surface area contributed by atoms with Crippen LogP contribution in [0.2, 0.25) is 6.82 Å². The van der Waals surface area contributed by atoms with Gasteiger partial charge in [-0.2, -0.15) is 0 Å². The summed E-state index contributed by atoms with van der Waals surface area (Å²) in [6, 6.07) is 0. The molecule has 0 aromatic carbocycles. The van der Waals surface area contributed by atoms with E-state index in [1.54, 1.807) is 0 Å². The molecule has 7 heteroatoms. The van der Waals surface area contributed by atoms with E-state index in [-0.39, 0.29) is 56.0 Å². The van der Waals surface area contributed by atoms with Gasteiger partial charge in [0.25, 0.3) is 0 Å². The van der Waals surface area contributed by atoms with Crippen molar-refractivity contribution in [2.24, 2.45) is 23.7 Å². The van der Waals surface area contributed by atoms with Gasteiger partial charge in [-0.3, -0.25) is 0 Å². The van der Waals surface area contributed by atoms with Gasteiger partial charge in [0.15, 0.2) is 6.29 Å². The quantitative estimate of drug-likeness (QED) is 0.593. The van der Waals surface area contributed by atoms with Crippen LogP contribution in [-0.4, -0.2) is 55.2 Å². The SMILES string of the molecule is CB(P)OC1C(C)C(CO)OC(C)C1OC1OC(C)C(C)C(C)C1C. The van der Waals surface area contributed by atoms with Crippen molar-refractivity contribution in [3.63, 3.8) is 0 Å². The molecule has 2 saturated heterocycles. The zero-order chi connectivity index (χ0) is 18.9. The number of aliphatic hydroxyl groups excluding tert-OH is 1. The molecule has 11 unspecified atom stereocenters. The van der Waals surface area contributed by atoms with Crippen molar-refractivity contribution in [3.8, 4) is 0 Å². The zero-order valence-corrected chi connectivity index (χ0v) is 17.9. The monoisotopic (exact) mass is 374 g/mol. The van der Waals surface area contributed by atoms with Gasteiger partial charge in [-0.15, -0.1) is 9.12 Å². The standard InChI is InChI=1S/C18H36BO5P/c1-9-10(2)13(5)22-18(11(9)3)23-17-14(6)21-15(8-20)12(4)16(17)24-19(7)25/h9-18,20H,8,25H2,1-7H3. The average Bonchev–Trinajstić information content (AvgIpc) is 2.56. The molecule has 0 aliphatic carbocycles. The van der Waals surface area contributed by atoms with Gasteiger partial charge in [-0.1, -0.05) is 34.5 Å². The summed E-state index contributed by atoms with van der Waals surface area (Å²) in [6.45, 7) is 14.9. The molecule has 1 N–H and O–H groups in total. The van der Waals surface area contributed by atoms with Crippen LogP contribution in [-0.2, 0) is 18.9 Å². The van der Waals surface area contributed by atoms with E-state index < -0.39 is 0 Å². The lowest BCUT2D eigenvalue weighted by Gasteiger charge is -2.49. The number of ether oxygens (including phenoxy) is 3. The molecule has 2 rings (SSSR count). The molecule has 0 radical (unpaired) electrons. The fourth-order valence-electron chi connectivity index (χ4n) is 4.03. The minimum absolute atomic E-state index is 0.00533. The number of hydrogen-bond acceptors (Lipinski definition) is 5. The molecule has 0 amide bonds. The lowest BCUT2D eigenvalue weighted by molar-refractivity contribution is -0.303. The van der Waals surface area contributed by atoms with Crippen molar-refractivity contribution in [2.45, 2.75) is 85.2 Å². The van der Waals surface area contributed by atoms with Crippen LogP contribution >= 0.6 is 9.12 Å². The summed E-state index contributed by atoms with van der Waals surface area (Å²) in [4.78, 5) is 0. The Morgan fingerprint density at radius 2 is 1.52 bits per heavy atom. The van der Waals surface area contributed by atoms with Crippen molar-refractivity contribution in [1.29, 1.82) is 0 Å². The third-order valence-corrected chi connectivity index (χ3v) is 6.46. The summed E-state index contributed by atoms with van der Waals surface area (Å²) in [5.41, 5.74) is 0. The molecular formula is C18H36BO5P. The highest BCUT2D eigenvalue weighted by Crippen LogP contribution is 2.38. The highest BCUT2D eigenvalue weighted by Gasteiger charge is 2.47. The Balaban J connectivity index is 2.16. The predicted molar refractivity (Wildman–Crippen MR) is 103 cm³/mol. The summed E-state index contributed by atoms with van der Waals surface area (Å²) in [6.07, 6.45) is -0.857. The van der Waals surface area contributed by atoms with E-state index >= 15 is 0 Å². The second-order valence-corrected chi connectivity index (χ2v) is 9.05. The van der Waals surface area contributed by atoms with Gasteiger partial charge in [0.05, 0.1) is 31.0 Å². The molecule has 2 aliphatic rings. The predicted octanol–water partition coefficient (Wildman–Crippen LogP) is 2.82. The van der Waals surface area contributed by atoms with Crippen molar-refractivity contribution in [1.82, 2.24) is 0 Å². The first kappa shape index (κ1) is 21.6. The Hall–Kier alpha value is 0.295. The van der Waals surface area contributed by atoms with Gasteiger partial charge in [0.2, 0.25) is 0 Å². The first-order valence-electron chi connectivity index (χ1n) is 9.65. The molecule has 11 atom stereocenters. The molecule has 5 nitrogen and oxygen atoms in total. The van der Waals surface area contributed by atoms with Crippen molar-refractivity contribution < 1.29 is 24.0 Å². The maximum atomic E-state index is 9.63. The average molecular weight is 374 g/mol.